The third-order valence-electron chi connectivity index (χ3n) is 3.24. The highest BCUT2D eigenvalue weighted by atomic mass is 16.5. The molecule has 124 valence electrons. The van der Waals surface area contributed by atoms with Gasteiger partial charge in [-0.1, -0.05) is 12.1 Å². The number of pyridine rings is 1. The smallest absolute Gasteiger partial charge is 0.161 e. The molecule has 0 atom stereocenters. The quantitative estimate of drug-likeness (QED) is 0.771. The molecule has 0 spiro atoms. The molecule has 5 heteroatoms. The summed E-state index contributed by atoms with van der Waals surface area (Å²) in [4.78, 5) is 6.34. The number of benzene rings is 1. The van der Waals surface area contributed by atoms with Crippen LogP contribution in [-0.2, 0) is 6.54 Å². The van der Waals surface area contributed by atoms with Crippen LogP contribution in [0.4, 0.5) is 5.82 Å². The Kier molecular flexibility index (Phi) is 6.69. The number of hydrogen-bond donors (Lipinski definition) is 1. The zero-order valence-electron chi connectivity index (χ0n) is 14.1. The zero-order valence-corrected chi connectivity index (χ0v) is 14.1. The third-order valence-corrected chi connectivity index (χ3v) is 3.24. The molecule has 0 saturated carbocycles. The van der Waals surface area contributed by atoms with Crippen LogP contribution in [0.25, 0.3) is 0 Å². The van der Waals surface area contributed by atoms with E-state index >= 15 is 0 Å². The summed E-state index contributed by atoms with van der Waals surface area (Å²) in [6.07, 6.45) is 1.77. The fourth-order valence-electron chi connectivity index (χ4n) is 2.05. The fraction of sp³-hybridized carbons (Fsp3) is 0.389. The largest absolute Gasteiger partial charge is 0.490 e. The van der Waals surface area contributed by atoms with Gasteiger partial charge in [-0.25, -0.2) is 4.98 Å². The molecule has 2 aromatic rings. The van der Waals surface area contributed by atoms with Gasteiger partial charge in [-0.15, -0.1) is 0 Å². The summed E-state index contributed by atoms with van der Waals surface area (Å²) in [6, 6.07) is 11.8. The standard InChI is InChI=1S/C18H25N3O2/c1-4-22-17-13-15(14-20-18-7-5-6-10-19-18)8-9-16(17)23-12-11-21(2)3/h5-10,13H,4,11-12,14H2,1-3H3,(H,19,20). The minimum Gasteiger partial charge on any atom is -0.490 e. The molecule has 1 heterocycles. The van der Waals surface area contributed by atoms with Gasteiger partial charge in [-0.3, -0.25) is 0 Å². The lowest BCUT2D eigenvalue weighted by atomic mass is 10.2. The van der Waals surface area contributed by atoms with Crippen molar-refractivity contribution in [3.8, 4) is 11.5 Å². The number of aromatic nitrogens is 1. The van der Waals surface area contributed by atoms with E-state index in [0.29, 0.717) is 19.8 Å². The summed E-state index contributed by atoms with van der Waals surface area (Å²) in [7, 11) is 4.05. The third kappa shape index (κ3) is 5.79. The summed E-state index contributed by atoms with van der Waals surface area (Å²) in [6.45, 7) is 4.78. The second-order valence-electron chi connectivity index (χ2n) is 5.43. The summed E-state index contributed by atoms with van der Waals surface area (Å²) in [5, 5.41) is 3.29. The Morgan fingerprint density at radius 2 is 1.96 bits per heavy atom. The lowest BCUT2D eigenvalue weighted by Crippen LogP contribution is -2.19. The van der Waals surface area contributed by atoms with Gasteiger partial charge in [-0.05, 0) is 50.8 Å². The Balaban J connectivity index is 1.99. The van der Waals surface area contributed by atoms with E-state index in [0.717, 1.165) is 29.4 Å². The number of hydrogen-bond acceptors (Lipinski definition) is 5. The Labute approximate surface area is 138 Å². The van der Waals surface area contributed by atoms with Crippen molar-refractivity contribution in [2.45, 2.75) is 13.5 Å². The first-order chi connectivity index (χ1) is 11.2. The maximum absolute atomic E-state index is 5.82. The molecule has 5 nitrogen and oxygen atoms in total. The van der Waals surface area contributed by atoms with E-state index in [9.17, 15) is 0 Å². The first-order valence-electron chi connectivity index (χ1n) is 7.87. The molecule has 1 aromatic carbocycles. The lowest BCUT2D eigenvalue weighted by Gasteiger charge is -2.15. The normalized spacial score (nSPS) is 10.6. The first-order valence-corrected chi connectivity index (χ1v) is 7.87. The van der Waals surface area contributed by atoms with Crippen molar-refractivity contribution in [1.29, 1.82) is 0 Å². The number of anilines is 1. The highest BCUT2D eigenvalue weighted by Crippen LogP contribution is 2.28. The summed E-state index contributed by atoms with van der Waals surface area (Å²) >= 11 is 0. The molecular formula is C18H25N3O2. The highest BCUT2D eigenvalue weighted by molar-refractivity contribution is 5.44. The number of likely N-dealkylation sites (N-methyl/N-ethyl adjacent to an activating group) is 1. The molecule has 2 rings (SSSR count). The molecule has 0 saturated heterocycles. The Hall–Kier alpha value is -2.27. The van der Waals surface area contributed by atoms with Gasteiger partial charge in [0.05, 0.1) is 6.61 Å². The number of nitrogens with zero attached hydrogens (tertiary/aromatic N) is 2. The molecule has 1 N–H and O–H groups in total. The second-order valence-corrected chi connectivity index (χ2v) is 5.43. The molecule has 0 aliphatic heterocycles. The van der Waals surface area contributed by atoms with Crippen LogP contribution in [0.5, 0.6) is 11.5 Å². The number of nitrogens with one attached hydrogen (secondary N) is 1. The van der Waals surface area contributed by atoms with E-state index in [1.165, 1.54) is 0 Å². The molecule has 0 bridgehead atoms. The van der Waals surface area contributed by atoms with Crippen molar-refractivity contribution in [3.63, 3.8) is 0 Å². The lowest BCUT2D eigenvalue weighted by molar-refractivity contribution is 0.244. The maximum Gasteiger partial charge on any atom is 0.161 e. The minimum atomic E-state index is 0.612. The molecule has 0 fully saturated rings. The van der Waals surface area contributed by atoms with E-state index in [1.807, 2.05) is 57.4 Å². The van der Waals surface area contributed by atoms with Crippen LogP contribution in [0.15, 0.2) is 42.6 Å². The Morgan fingerprint density at radius 1 is 1.09 bits per heavy atom. The summed E-state index contributed by atoms with van der Waals surface area (Å²) in [5.74, 6) is 2.43. The molecule has 0 aliphatic carbocycles. The van der Waals surface area contributed by atoms with Gasteiger partial charge in [0.1, 0.15) is 12.4 Å². The first kappa shape index (κ1) is 17.1. The molecular weight excluding hydrogens is 290 g/mol. The van der Waals surface area contributed by atoms with Crippen molar-refractivity contribution in [3.05, 3.63) is 48.2 Å². The Morgan fingerprint density at radius 3 is 2.65 bits per heavy atom. The average molecular weight is 315 g/mol. The van der Waals surface area contributed by atoms with Crippen LogP contribution in [0.3, 0.4) is 0 Å². The Bertz CT molecular complexity index is 588. The van der Waals surface area contributed by atoms with E-state index in [-0.39, 0.29) is 0 Å². The van der Waals surface area contributed by atoms with Gasteiger partial charge in [-0.2, -0.15) is 0 Å². The van der Waals surface area contributed by atoms with E-state index in [2.05, 4.69) is 15.2 Å². The van der Waals surface area contributed by atoms with Crippen LogP contribution in [0.1, 0.15) is 12.5 Å². The molecule has 0 amide bonds. The highest BCUT2D eigenvalue weighted by Gasteiger charge is 2.07. The van der Waals surface area contributed by atoms with Gasteiger partial charge in [0.15, 0.2) is 11.5 Å². The van der Waals surface area contributed by atoms with Crippen molar-refractivity contribution in [2.24, 2.45) is 0 Å². The number of ether oxygens (including phenoxy) is 2. The van der Waals surface area contributed by atoms with Crippen LogP contribution in [0.2, 0.25) is 0 Å². The van der Waals surface area contributed by atoms with Crippen LogP contribution in [0, 0.1) is 0 Å². The molecule has 1 aromatic heterocycles. The van der Waals surface area contributed by atoms with Gasteiger partial charge in [0, 0.05) is 19.3 Å². The monoisotopic (exact) mass is 315 g/mol. The fourth-order valence-corrected chi connectivity index (χ4v) is 2.05. The second kappa shape index (κ2) is 9.00. The van der Waals surface area contributed by atoms with E-state index < -0.39 is 0 Å². The van der Waals surface area contributed by atoms with Gasteiger partial charge < -0.3 is 19.7 Å². The SMILES string of the molecule is CCOc1cc(CNc2ccccn2)ccc1OCCN(C)C. The minimum absolute atomic E-state index is 0.612. The van der Waals surface area contributed by atoms with Crippen LogP contribution in [-0.4, -0.2) is 43.7 Å². The van der Waals surface area contributed by atoms with Gasteiger partial charge >= 0.3 is 0 Å². The molecule has 0 aliphatic rings. The summed E-state index contributed by atoms with van der Waals surface area (Å²) in [5.41, 5.74) is 1.12. The van der Waals surface area contributed by atoms with Gasteiger partial charge in [0.2, 0.25) is 0 Å². The van der Waals surface area contributed by atoms with E-state index in [4.69, 9.17) is 9.47 Å². The van der Waals surface area contributed by atoms with Crippen LogP contribution < -0.4 is 14.8 Å². The molecule has 0 radical (unpaired) electrons. The van der Waals surface area contributed by atoms with Crippen LogP contribution >= 0.6 is 0 Å². The summed E-state index contributed by atoms with van der Waals surface area (Å²) < 4.78 is 11.5. The predicted molar refractivity (Wildman–Crippen MR) is 93.2 cm³/mol. The molecule has 0 unspecified atom stereocenters. The van der Waals surface area contributed by atoms with Crippen molar-refractivity contribution in [2.75, 3.05) is 39.2 Å². The maximum atomic E-state index is 5.82. The number of rotatable bonds is 9. The topological polar surface area (TPSA) is 46.6 Å². The average Bonchev–Trinajstić information content (AvgIpc) is 2.55. The van der Waals surface area contributed by atoms with Gasteiger partial charge in [0.25, 0.3) is 0 Å². The molecule has 23 heavy (non-hydrogen) atoms. The predicted octanol–water partition coefficient (Wildman–Crippen LogP) is 3.03. The van der Waals surface area contributed by atoms with Crippen molar-refractivity contribution < 1.29 is 9.47 Å². The van der Waals surface area contributed by atoms with Crippen molar-refractivity contribution >= 4 is 5.82 Å². The van der Waals surface area contributed by atoms with E-state index in [1.54, 1.807) is 6.20 Å². The van der Waals surface area contributed by atoms with Crippen molar-refractivity contribution in [1.82, 2.24) is 9.88 Å². The zero-order chi connectivity index (χ0) is 16.5.